The van der Waals surface area contributed by atoms with Gasteiger partial charge in [0.15, 0.2) is 5.78 Å². The number of carbonyl (C=O) groups is 1. The highest BCUT2D eigenvalue weighted by Crippen LogP contribution is 2.26. The summed E-state index contributed by atoms with van der Waals surface area (Å²) in [6, 6.07) is 18.7. The van der Waals surface area contributed by atoms with E-state index in [1.165, 1.54) is 17.7 Å². The zero-order valence-corrected chi connectivity index (χ0v) is 16.8. The minimum Gasteiger partial charge on any atom is -0.302 e. The Bertz CT molecular complexity index is 978. The first-order valence-electron chi connectivity index (χ1n) is 9.53. The predicted molar refractivity (Wildman–Crippen MR) is 112 cm³/mol. The number of benzene rings is 3. The van der Waals surface area contributed by atoms with Gasteiger partial charge in [-0.1, -0.05) is 48.5 Å². The second kappa shape index (κ2) is 8.49. The maximum absolute atomic E-state index is 13.4. The van der Waals surface area contributed by atoms with E-state index in [2.05, 4.69) is 30.4 Å². The first-order chi connectivity index (χ1) is 13.4. The van der Waals surface area contributed by atoms with Crippen LogP contribution in [0.3, 0.4) is 0 Å². The summed E-state index contributed by atoms with van der Waals surface area (Å²) in [7, 11) is 0. The molecule has 0 aliphatic carbocycles. The van der Waals surface area contributed by atoms with Gasteiger partial charge in [0.25, 0.3) is 0 Å². The monoisotopic (exact) mass is 375 g/mol. The van der Waals surface area contributed by atoms with E-state index in [-0.39, 0.29) is 17.6 Å². The van der Waals surface area contributed by atoms with Crippen molar-refractivity contribution in [3.8, 4) is 0 Å². The highest BCUT2D eigenvalue weighted by Gasteiger charge is 2.17. The Balaban J connectivity index is 1.96. The van der Waals surface area contributed by atoms with E-state index in [1.54, 1.807) is 6.92 Å². The van der Waals surface area contributed by atoms with Crippen LogP contribution in [0, 0.1) is 26.6 Å². The molecule has 3 rings (SSSR count). The molecule has 144 valence electrons. The molecule has 0 aromatic heterocycles. The number of halogens is 1. The fourth-order valence-corrected chi connectivity index (χ4v) is 3.97. The fraction of sp³-hybridized carbons (Fsp3) is 0.240. The van der Waals surface area contributed by atoms with E-state index in [0.717, 1.165) is 33.4 Å². The van der Waals surface area contributed by atoms with Crippen molar-refractivity contribution < 1.29 is 9.18 Å². The lowest BCUT2D eigenvalue weighted by Crippen LogP contribution is -2.23. The minimum absolute atomic E-state index is 0.0670. The van der Waals surface area contributed by atoms with Crippen molar-refractivity contribution >= 4 is 5.78 Å². The SMILES string of the molecule is CC(=O)c1c(C)cc(C)c(CNC(c2ccccc2)c2ccc(F)cc2)c1C. The van der Waals surface area contributed by atoms with Crippen molar-refractivity contribution in [1.82, 2.24) is 5.32 Å². The van der Waals surface area contributed by atoms with Gasteiger partial charge < -0.3 is 5.32 Å². The number of hydrogen-bond acceptors (Lipinski definition) is 2. The van der Waals surface area contributed by atoms with Crippen molar-refractivity contribution in [2.45, 2.75) is 40.3 Å². The average molecular weight is 375 g/mol. The van der Waals surface area contributed by atoms with Gasteiger partial charge in [-0.15, -0.1) is 0 Å². The summed E-state index contributed by atoms with van der Waals surface area (Å²) in [5.74, 6) is -0.152. The molecule has 0 aliphatic rings. The Hall–Kier alpha value is -2.78. The van der Waals surface area contributed by atoms with Gasteiger partial charge in [-0.3, -0.25) is 4.79 Å². The quantitative estimate of drug-likeness (QED) is 0.549. The summed E-state index contributed by atoms with van der Waals surface area (Å²) in [5.41, 5.74) is 7.27. The highest BCUT2D eigenvalue weighted by molar-refractivity contribution is 5.97. The number of ketones is 1. The number of rotatable bonds is 6. The number of Topliss-reactive ketones (excluding diaryl/α,β-unsaturated/α-hetero) is 1. The van der Waals surface area contributed by atoms with Gasteiger partial charge in [-0.05, 0) is 73.2 Å². The zero-order chi connectivity index (χ0) is 20.3. The molecule has 0 saturated carbocycles. The van der Waals surface area contributed by atoms with Gasteiger partial charge in [0.1, 0.15) is 5.82 Å². The Labute approximate surface area is 166 Å². The van der Waals surface area contributed by atoms with E-state index in [4.69, 9.17) is 0 Å². The number of hydrogen-bond donors (Lipinski definition) is 1. The topological polar surface area (TPSA) is 29.1 Å². The molecule has 1 atom stereocenters. The normalized spacial score (nSPS) is 12.0. The van der Waals surface area contributed by atoms with E-state index in [9.17, 15) is 9.18 Å². The van der Waals surface area contributed by atoms with Crippen LogP contribution in [0.2, 0.25) is 0 Å². The van der Waals surface area contributed by atoms with Crippen LogP contribution in [0.15, 0.2) is 60.7 Å². The van der Waals surface area contributed by atoms with E-state index in [0.29, 0.717) is 6.54 Å². The van der Waals surface area contributed by atoms with E-state index in [1.807, 2.05) is 44.2 Å². The van der Waals surface area contributed by atoms with Gasteiger partial charge >= 0.3 is 0 Å². The molecule has 28 heavy (non-hydrogen) atoms. The van der Waals surface area contributed by atoms with Gasteiger partial charge in [-0.2, -0.15) is 0 Å². The first-order valence-corrected chi connectivity index (χ1v) is 9.53. The molecule has 1 N–H and O–H groups in total. The molecule has 0 heterocycles. The van der Waals surface area contributed by atoms with Crippen LogP contribution in [0.25, 0.3) is 0 Å². The molecule has 3 aromatic rings. The zero-order valence-electron chi connectivity index (χ0n) is 16.8. The average Bonchev–Trinajstić information content (AvgIpc) is 2.65. The van der Waals surface area contributed by atoms with E-state index < -0.39 is 0 Å². The molecule has 0 bridgehead atoms. The molecule has 0 aliphatic heterocycles. The largest absolute Gasteiger partial charge is 0.302 e. The van der Waals surface area contributed by atoms with Gasteiger partial charge in [-0.25, -0.2) is 4.39 Å². The second-order valence-electron chi connectivity index (χ2n) is 7.32. The molecule has 1 unspecified atom stereocenters. The molecular formula is C25H26FNO. The van der Waals surface area contributed by atoms with Crippen LogP contribution in [0.4, 0.5) is 4.39 Å². The number of aryl methyl sites for hydroxylation is 2. The molecule has 0 spiro atoms. The van der Waals surface area contributed by atoms with Gasteiger partial charge in [0.05, 0.1) is 6.04 Å². The summed E-state index contributed by atoms with van der Waals surface area (Å²) in [6.07, 6.45) is 0. The Morgan fingerprint density at radius 2 is 1.54 bits per heavy atom. The molecule has 2 nitrogen and oxygen atoms in total. The van der Waals surface area contributed by atoms with Crippen molar-refractivity contribution in [3.63, 3.8) is 0 Å². The Kier molecular flexibility index (Phi) is 6.05. The maximum atomic E-state index is 13.4. The lowest BCUT2D eigenvalue weighted by Gasteiger charge is -2.23. The van der Waals surface area contributed by atoms with E-state index >= 15 is 0 Å². The summed E-state index contributed by atoms with van der Waals surface area (Å²) >= 11 is 0. The third kappa shape index (κ3) is 4.20. The van der Waals surface area contributed by atoms with Crippen LogP contribution >= 0.6 is 0 Å². The first kappa shape index (κ1) is 20.0. The van der Waals surface area contributed by atoms with Crippen molar-refractivity contribution in [3.05, 3.63) is 105 Å². The molecule has 0 fully saturated rings. The summed E-state index contributed by atoms with van der Waals surface area (Å²) in [5, 5.41) is 3.62. The third-order valence-electron chi connectivity index (χ3n) is 5.30. The lowest BCUT2D eigenvalue weighted by molar-refractivity contribution is 0.101. The lowest BCUT2D eigenvalue weighted by atomic mass is 9.91. The third-order valence-corrected chi connectivity index (χ3v) is 5.30. The molecular weight excluding hydrogens is 349 g/mol. The summed E-state index contributed by atoms with van der Waals surface area (Å²) < 4.78 is 13.4. The second-order valence-corrected chi connectivity index (χ2v) is 7.32. The highest BCUT2D eigenvalue weighted by atomic mass is 19.1. The molecule has 0 radical (unpaired) electrons. The van der Waals surface area contributed by atoms with Crippen molar-refractivity contribution in [2.24, 2.45) is 0 Å². The molecule has 0 saturated heterocycles. The number of carbonyl (C=O) groups excluding carboxylic acids is 1. The van der Waals surface area contributed by atoms with Crippen LogP contribution in [0.1, 0.15) is 56.7 Å². The minimum atomic E-state index is -0.244. The molecule has 0 amide bonds. The molecule has 3 aromatic carbocycles. The molecule has 3 heteroatoms. The van der Waals surface area contributed by atoms with Crippen LogP contribution < -0.4 is 5.32 Å². The maximum Gasteiger partial charge on any atom is 0.160 e. The van der Waals surface area contributed by atoms with Crippen molar-refractivity contribution in [2.75, 3.05) is 0 Å². The number of nitrogens with one attached hydrogen (secondary N) is 1. The Morgan fingerprint density at radius 3 is 2.14 bits per heavy atom. The predicted octanol–water partition coefficient (Wildman–Crippen LogP) is 5.83. The van der Waals surface area contributed by atoms with Crippen LogP contribution in [-0.4, -0.2) is 5.78 Å². The standard InChI is InChI=1S/C25H26FNO/c1-16-14-17(2)24(19(4)28)18(3)23(16)15-27-25(20-8-6-5-7-9-20)21-10-12-22(26)13-11-21/h5-14,25,27H,15H2,1-4H3. The fourth-order valence-electron chi connectivity index (χ4n) is 3.97. The van der Waals surface area contributed by atoms with Gasteiger partial charge in [0, 0.05) is 12.1 Å². The smallest absolute Gasteiger partial charge is 0.160 e. The Morgan fingerprint density at radius 1 is 0.929 bits per heavy atom. The van der Waals surface area contributed by atoms with Crippen molar-refractivity contribution in [1.29, 1.82) is 0 Å². The van der Waals surface area contributed by atoms with Crippen LogP contribution in [-0.2, 0) is 6.54 Å². The summed E-state index contributed by atoms with van der Waals surface area (Å²) in [6.45, 7) is 8.32. The van der Waals surface area contributed by atoms with Gasteiger partial charge in [0.2, 0.25) is 0 Å². The van der Waals surface area contributed by atoms with Crippen LogP contribution in [0.5, 0.6) is 0 Å². The summed E-state index contributed by atoms with van der Waals surface area (Å²) in [4.78, 5) is 12.1.